The second-order valence-electron chi connectivity index (χ2n) is 7.85. The molecular weight excluding hydrogens is 348 g/mol. The van der Waals surface area contributed by atoms with Gasteiger partial charge in [-0.1, -0.05) is 17.7 Å². The van der Waals surface area contributed by atoms with Crippen molar-refractivity contribution in [1.29, 1.82) is 0 Å². The molecule has 4 unspecified atom stereocenters. The number of rotatable bonds is 4. The Kier molecular flexibility index (Phi) is 5.28. The molecule has 142 valence electrons. The standard InChI is InChI=1S/C20H29ClN4O/c1-13-3-4-15(21)9-18(13)25-8-7-14(12-25)11-23-20(22-2)24-17-10-16-5-6-19(17)26-16/h3-4,9,14,16-17,19H,5-8,10-12H2,1-2H3,(H2,22,23,24). The van der Waals surface area contributed by atoms with Crippen LogP contribution in [0.1, 0.15) is 31.2 Å². The van der Waals surface area contributed by atoms with Crippen LogP contribution < -0.4 is 15.5 Å². The number of hydrogen-bond acceptors (Lipinski definition) is 3. The van der Waals surface area contributed by atoms with Crippen LogP contribution >= 0.6 is 11.6 Å². The van der Waals surface area contributed by atoms with E-state index < -0.39 is 0 Å². The maximum absolute atomic E-state index is 6.19. The molecule has 3 saturated heterocycles. The Bertz CT molecular complexity index is 680. The summed E-state index contributed by atoms with van der Waals surface area (Å²) in [5.41, 5.74) is 2.55. The number of halogens is 1. The molecule has 5 nitrogen and oxygen atoms in total. The molecule has 0 spiro atoms. The molecule has 1 aromatic carbocycles. The molecule has 2 bridgehead atoms. The highest BCUT2D eigenvalue weighted by atomic mass is 35.5. The molecule has 2 N–H and O–H groups in total. The van der Waals surface area contributed by atoms with E-state index in [1.54, 1.807) is 0 Å². The topological polar surface area (TPSA) is 48.9 Å². The molecule has 0 aromatic heterocycles. The Labute approximate surface area is 161 Å². The molecule has 0 saturated carbocycles. The van der Waals surface area contributed by atoms with Crippen molar-refractivity contribution in [3.63, 3.8) is 0 Å². The van der Waals surface area contributed by atoms with Crippen molar-refractivity contribution in [3.8, 4) is 0 Å². The zero-order valence-corrected chi connectivity index (χ0v) is 16.4. The molecule has 3 aliphatic rings. The lowest BCUT2D eigenvalue weighted by molar-refractivity contribution is 0.0992. The van der Waals surface area contributed by atoms with Gasteiger partial charge < -0.3 is 20.3 Å². The van der Waals surface area contributed by atoms with Crippen molar-refractivity contribution >= 4 is 23.2 Å². The molecule has 4 atom stereocenters. The maximum Gasteiger partial charge on any atom is 0.191 e. The lowest BCUT2D eigenvalue weighted by atomic mass is 9.96. The SMILES string of the molecule is CN=C(NCC1CCN(c2cc(Cl)ccc2C)C1)NC1CC2CCC1O2. The molecule has 0 aliphatic carbocycles. The Balaban J connectivity index is 1.27. The number of anilines is 1. The second-order valence-corrected chi connectivity index (χ2v) is 8.28. The summed E-state index contributed by atoms with van der Waals surface area (Å²) in [7, 11) is 1.85. The van der Waals surface area contributed by atoms with Crippen molar-refractivity contribution in [2.75, 3.05) is 31.6 Å². The van der Waals surface area contributed by atoms with Gasteiger partial charge in [0.05, 0.1) is 18.2 Å². The zero-order chi connectivity index (χ0) is 18.1. The summed E-state index contributed by atoms with van der Waals surface area (Å²) in [6.45, 7) is 5.24. The first-order valence-corrected chi connectivity index (χ1v) is 10.1. The van der Waals surface area contributed by atoms with Gasteiger partial charge in [-0.3, -0.25) is 4.99 Å². The second kappa shape index (κ2) is 7.65. The smallest absolute Gasteiger partial charge is 0.191 e. The fraction of sp³-hybridized carbons (Fsp3) is 0.650. The highest BCUT2D eigenvalue weighted by molar-refractivity contribution is 6.30. The molecule has 0 radical (unpaired) electrons. The van der Waals surface area contributed by atoms with Gasteiger partial charge in [-0.2, -0.15) is 0 Å². The van der Waals surface area contributed by atoms with E-state index in [4.69, 9.17) is 16.3 Å². The van der Waals surface area contributed by atoms with Crippen LogP contribution in [0.5, 0.6) is 0 Å². The predicted molar refractivity (Wildman–Crippen MR) is 107 cm³/mol. The average molecular weight is 377 g/mol. The Morgan fingerprint density at radius 2 is 2.23 bits per heavy atom. The van der Waals surface area contributed by atoms with Crippen molar-refractivity contribution in [3.05, 3.63) is 28.8 Å². The Morgan fingerprint density at radius 3 is 2.96 bits per heavy atom. The number of nitrogens with zero attached hydrogens (tertiary/aromatic N) is 2. The minimum atomic E-state index is 0.367. The lowest BCUT2D eigenvalue weighted by Crippen LogP contribution is -2.48. The number of aliphatic imine (C=N–C) groups is 1. The minimum absolute atomic E-state index is 0.367. The van der Waals surface area contributed by atoms with E-state index in [-0.39, 0.29) is 0 Å². The van der Waals surface area contributed by atoms with Crippen molar-refractivity contribution in [2.45, 2.75) is 50.9 Å². The number of guanidine groups is 1. The summed E-state index contributed by atoms with van der Waals surface area (Å²) in [6.07, 6.45) is 5.52. The van der Waals surface area contributed by atoms with E-state index in [1.807, 2.05) is 13.1 Å². The van der Waals surface area contributed by atoms with Crippen LogP contribution in [0.15, 0.2) is 23.2 Å². The van der Waals surface area contributed by atoms with Gasteiger partial charge in [0.15, 0.2) is 5.96 Å². The molecule has 0 amide bonds. The van der Waals surface area contributed by atoms with Gasteiger partial charge >= 0.3 is 0 Å². The predicted octanol–water partition coefficient (Wildman–Crippen LogP) is 2.96. The van der Waals surface area contributed by atoms with Crippen LogP contribution in [-0.2, 0) is 4.74 Å². The summed E-state index contributed by atoms with van der Waals surface area (Å²) >= 11 is 6.19. The van der Waals surface area contributed by atoms with Crippen molar-refractivity contribution in [1.82, 2.24) is 10.6 Å². The van der Waals surface area contributed by atoms with Crippen LogP contribution in [0.25, 0.3) is 0 Å². The molecule has 3 aliphatic heterocycles. The molecule has 6 heteroatoms. The number of nitrogens with one attached hydrogen (secondary N) is 2. The molecular formula is C20H29ClN4O. The van der Waals surface area contributed by atoms with Gasteiger partial charge in [0.2, 0.25) is 0 Å². The van der Waals surface area contributed by atoms with Gasteiger partial charge in [-0.25, -0.2) is 0 Å². The van der Waals surface area contributed by atoms with Gasteiger partial charge in [-0.15, -0.1) is 0 Å². The van der Waals surface area contributed by atoms with Gasteiger partial charge in [0, 0.05) is 37.4 Å². The van der Waals surface area contributed by atoms with E-state index in [2.05, 4.69) is 39.6 Å². The zero-order valence-electron chi connectivity index (χ0n) is 15.7. The quantitative estimate of drug-likeness (QED) is 0.626. The molecule has 4 rings (SSSR count). The monoisotopic (exact) mass is 376 g/mol. The van der Waals surface area contributed by atoms with Crippen LogP contribution in [-0.4, -0.2) is 50.9 Å². The first-order chi connectivity index (χ1) is 12.6. The summed E-state index contributed by atoms with van der Waals surface area (Å²) in [5.74, 6) is 1.52. The third-order valence-corrected chi connectivity index (χ3v) is 6.24. The van der Waals surface area contributed by atoms with Gasteiger partial charge in [0.25, 0.3) is 0 Å². The first kappa shape index (κ1) is 17.9. The molecule has 3 heterocycles. The summed E-state index contributed by atoms with van der Waals surface area (Å²) in [5, 5.41) is 7.90. The summed E-state index contributed by atoms with van der Waals surface area (Å²) < 4.78 is 5.93. The highest BCUT2D eigenvalue weighted by Gasteiger charge is 2.41. The van der Waals surface area contributed by atoms with Crippen LogP contribution in [0.2, 0.25) is 5.02 Å². The summed E-state index contributed by atoms with van der Waals surface area (Å²) in [4.78, 5) is 6.86. The maximum atomic E-state index is 6.19. The average Bonchev–Trinajstić information content (AvgIpc) is 3.37. The van der Waals surface area contributed by atoms with Crippen LogP contribution in [0, 0.1) is 12.8 Å². The summed E-state index contributed by atoms with van der Waals surface area (Å²) in [6, 6.07) is 6.56. The molecule has 3 fully saturated rings. The fourth-order valence-electron chi connectivity index (χ4n) is 4.54. The normalized spacial score (nSPS) is 30.9. The van der Waals surface area contributed by atoms with E-state index in [0.29, 0.717) is 24.2 Å². The highest BCUT2D eigenvalue weighted by Crippen LogP contribution is 2.34. The number of aryl methyl sites for hydroxylation is 1. The van der Waals surface area contributed by atoms with E-state index in [1.165, 1.54) is 30.5 Å². The number of ether oxygens (including phenoxy) is 1. The third kappa shape index (κ3) is 3.79. The van der Waals surface area contributed by atoms with E-state index >= 15 is 0 Å². The number of fused-ring (bicyclic) bond motifs is 2. The van der Waals surface area contributed by atoms with E-state index in [9.17, 15) is 0 Å². The fourth-order valence-corrected chi connectivity index (χ4v) is 4.71. The van der Waals surface area contributed by atoms with Crippen LogP contribution in [0.4, 0.5) is 5.69 Å². The van der Waals surface area contributed by atoms with E-state index in [0.717, 1.165) is 37.0 Å². The van der Waals surface area contributed by atoms with Crippen molar-refractivity contribution in [2.24, 2.45) is 10.9 Å². The minimum Gasteiger partial charge on any atom is -0.373 e. The van der Waals surface area contributed by atoms with Gasteiger partial charge in [-0.05, 0) is 56.2 Å². The van der Waals surface area contributed by atoms with Gasteiger partial charge in [0.1, 0.15) is 0 Å². The molecule has 26 heavy (non-hydrogen) atoms. The largest absolute Gasteiger partial charge is 0.373 e. The van der Waals surface area contributed by atoms with Crippen molar-refractivity contribution < 1.29 is 4.74 Å². The Morgan fingerprint density at radius 1 is 1.35 bits per heavy atom. The third-order valence-electron chi connectivity index (χ3n) is 6.01. The molecule has 1 aromatic rings. The first-order valence-electron chi connectivity index (χ1n) is 9.76. The number of benzene rings is 1. The lowest BCUT2D eigenvalue weighted by Gasteiger charge is -2.24. The van der Waals surface area contributed by atoms with Crippen LogP contribution in [0.3, 0.4) is 0 Å². The Hall–Kier alpha value is -1.46. The number of hydrogen-bond donors (Lipinski definition) is 2.